The fourth-order valence-electron chi connectivity index (χ4n) is 5.34. The molecule has 9 nitrogen and oxygen atoms in total. The van der Waals surface area contributed by atoms with Crippen LogP contribution in [0.4, 0.5) is 0 Å². The molecule has 9 heteroatoms. The van der Waals surface area contributed by atoms with E-state index >= 15 is 0 Å². The average Bonchev–Trinajstić information content (AvgIpc) is 3.37. The highest BCUT2D eigenvalue weighted by atomic mass is 16.6. The summed E-state index contributed by atoms with van der Waals surface area (Å²) < 4.78 is 22.9. The Morgan fingerprint density at radius 3 is 2.28 bits per heavy atom. The number of esters is 2. The summed E-state index contributed by atoms with van der Waals surface area (Å²) in [6, 6.07) is 8.57. The number of likely N-dealkylation sites (tertiary alicyclic amines) is 1. The first-order valence-corrected chi connectivity index (χ1v) is 10.9. The predicted molar refractivity (Wildman–Crippen MR) is 110 cm³/mol. The van der Waals surface area contributed by atoms with Crippen LogP contribution in [-0.2, 0) is 45.5 Å². The molecular weight excluding hydrogens is 416 g/mol. The number of rotatable bonds is 2. The lowest BCUT2D eigenvalue weighted by Crippen LogP contribution is -2.46. The number of amides is 1. The molecule has 1 amide bonds. The second-order valence-corrected chi connectivity index (χ2v) is 8.93. The Bertz CT molecular complexity index is 972. The molecule has 5 rings (SSSR count). The maximum Gasteiger partial charge on any atom is 0.303 e. The van der Waals surface area contributed by atoms with Crippen LogP contribution in [0.25, 0.3) is 0 Å². The van der Waals surface area contributed by atoms with Crippen molar-refractivity contribution in [1.29, 1.82) is 0 Å². The maximum atomic E-state index is 12.9. The van der Waals surface area contributed by atoms with E-state index in [0.29, 0.717) is 19.7 Å². The quantitative estimate of drug-likeness (QED) is 0.639. The van der Waals surface area contributed by atoms with E-state index in [0.717, 1.165) is 12.8 Å². The van der Waals surface area contributed by atoms with Gasteiger partial charge in [-0.2, -0.15) is 4.99 Å². The van der Waals surface area contributed by atoms with Crippen LogP contribution < -0.4 is 0 Å². The zero-order valence-electron chi connectivity index (χ0n) is 18.2. The molecule has 2 fully saturated rings. The van der Waals surface area contributed by atoms with Crippen LogP contribution in [0.2, 0.25) is 0 Å². The largest absolute Gasteiger partial charge is 0.458 e. The second-order valence-electron chi connectivity index (χ2n) is 8.93. The van der Waals surface area contributed by atoms with Gasteiger partial charge in [0.15, 0.2) is 5.60 Å². The molecule has 1 aromatic carbocycles. The smallest absolute Gasteiger partial charge is 0.303 e. The van der Waals surface area contributed by atoms with Crippen molar-refractivity contribution in [2.75, 3.05) is 13.1 Å². The monoisotopic (exact) mass is 442 g/mol. The van der Waals surface area contributed by atoms with Crippen LogP contribution in [-0.4, -0.2) is 59.7 Å². The third-order valence-electron chi connectivity index (χ3n) is 6.84. The molecule has 0 aromatic heterocycles. The third kappa shape index (κ3) is 3.44. The summed E-state index contributed by atoms with van der Waals surface area (Å²) in [7, 11) is 0. The van der Waals surface area contributed by atoms with Crippen molar-refractivity contribution in [1.82, 2.24) is 4.90 Å². The van der Waals surface area contributed by atoms with Gasteiger partial charge in [-0.25, -0.2) is 0 Å². The van der Waals surface area contributed by atoms with Crippen LogP contribution in [0.3, 0.4) is 0 Å². The molecule has 4 aliphatic rings. The number of hydrogen-bond donors (Lipinski definition) is 0. The first-order chi connectivity index (χ1) is 15.3. The Labute approximate surface area is 185 Å². The van der Waals surface area contributed by atoms with E-state index < -0.39 is 35.7 Å². The predicted octanol–water partition coefficient (Wildman–Crippen LogP) is 1.82. The standard InChI is InChI=1S/C23H26N2O7/c1-14(26)30-18-11-23(12-19(18)31-15(2)27)20(28)24-21(32-23)25-9-7-22(8-10-25)17-6-4-3-5-16(17)13-29-22/h3-6,18-19H,7-13H2,1-2H3. The third-order valence-corrected chi connectivity index (χ3v) is 6.84. The molecule has 2 atom stereocenters. The van der Waals surface area contributed by atoms with Crippen LogP contribution in [0, 0.1) is 0 Å². The molecule has 0 bridgehead atoms. The lowest BCUT2D eigenvalue weighted by atomic mass is 9.84. The minimum Gasteiger partial charge on any atom is -0.458 e. The normalized spacial score (nSPS) is 30.2. The summed E-state index contributed by atoms with van der Waals surface area (Å²) in [4.78, 5) is 42.0. The van der Waals surface area contributed by atoms with Gasteiger partial charge in [0.2, 0.25) is 0 Å². The van der Waals surface area contributed by atoms with Gasteiger partial charge in [0.1, 0.15) is 12.2 Å². The highest BCUT2D eigenvalue weighted by Gasteiger charge is 2.59. The fourth-order valence-corrected chi connectivity index (χ4v) is 5.34. The Morgan fingerprint density at radius 1 is 1.03 bits per heavy atom. The van der Waals surface area contributed by atoms with Crippen molar-refractivity contribution in [2.45, 2.75) is 69.5 Å². The van der Waals surface area contributed by atoms with E-state index in [2.05, 4.69) is 17.1 Å². The highest BCUT2D eigenvalue weighted by Crippen LogP contribution is 2.45. The van der Waals surface area contributed by atoms with Crippen molar-refractivity contribution in [3.63, 3.8) is 0 Å². The van der Waals surface area contributed by atoms with E-state index in [1.54, 1.807) is 0 Å². The van der Waals surface area contributed by atoms with E-state index in [-0.39, 0.29) is 24.5 Å². The summed E-state index contributed by atoms with van der Waals surface area (Å²) >= 11 is 0. The van der Waals surface area contributed by atoms with Gasteiger partial charge in [-0.1, -0.05) is 24.3 Å². The number of hydrogen-bond acceptors (Lipinski definition) is 8. The van der Waals surface area contributed by atoms with Gasteiger partial charge in [0, 0.05) is 39.8 Å². The zero-order valence-corrected chi connectivity index (χ0v) is 18.2. The molecule has 32 heavy (non-hydrogen) atoms. The summed E-state index contributed by atoms with van der Waals surface area (Å²) in [5.41, 5.74) is 0.887. The Kier molecular flexibility index (Phi) is 4.96. The Balaban J connectivity index is 1.28. The van der Waals surface area contributed by atoms with Gasteiger partial charge in [-0.15, -0.1) is 0 Å². The molecular formula is C23H26N2O7. The van der Waals surface area contributed by atoms with Crippen molar-refractivity contribution in [3.05, 3.63) is 35.4 Å². The first kappa shape index (κ1) is 20.9. The minimum absolute atomic E-state index is 0.102. The summed E-state index contributed by atoms with van der Waals surface area (Å²) in [5.74, 6) is -1.44. The molecule has 1 aromatic rings. The van der Waals surface area contributed by atoms with Gasteiger partial charge in [-0.05, 0) is 24.0 Å². The van der Waals surface area contributed by atoms with Crippen molar-refractivity contribution in [2.24, 2.45) is 4.99 Å². The maximum absolute atomic E-state index is 12.9. The van der Waals surface area contributed by atoms with Gasteiger partial charge < -0.3 is 23.8 Å². The number of aliphatic imine (C=N–C) groups is 1. The van der Waals surface area contributed by atoms with Crippen LogP contribution >= 0.6 is 0 Å². The number of amidine groups is 1. The van der Waals surface area contributed by atoms with E-state index in [9.17, 15) is 14.4 Å². The van der Waals surface area contributed by atoms with Crippen molar-refractivity contribution < 1.29 is 33.3 Å². The molecule has 1 saturated heterocycles. The number of fused-ring (bicyclic) bond motifs is 2. The second kappa shape index (κ2) is 7.58. The number of carbonyl (C=O) groups is 3. The van der Waals surface area contributed by atoms with E-state index in [1.165, 1.54) is 25.0 Å². The van der Waals surface area contributed by atoms with E-state index in [4.69, 9.17) is 18.9 Å². The lowest BCUT2D eigenvalue weighted by Gasteiger charge is -2.39. The number of nitrogens with zero attached hydrogens (tertiary/aromatic N) is 2. The molecule has 2 unspecified atom stereocenters. The molecule has 1 aliphatic carbocycles. The molecule has 0 radical (unpaired) electrons. The Morgan fingerprint density at radius 2 is 1.66 bits per heavy atom. The van der Waals surface area contributed by atoms with Crippen molar-refractivity contribution >= 4 is 23.9 Å². The van der Waals surface area contributed by atoms with Crippen LogP contribution in [0.5, 0.6) is 0 Å². The summed E-state index contributed by atoms with van der Waals surface area (Å²) in [5, 5.41) is 0. The number of ether oxygens (including phenoxy) is 4. The van der Waals surface area contributed by atoms with Gasteiger partial charge >= 0.3 is 11.9 Å². The van der Waals surface area contributed by atoms with Gasteiger partial charge in [-0.3, -0.25) is 14.4 Å². The van der Waals surface area contributed by atoms with Crippen molar-refractivity contribution in [3.8, 4) is 0 Å². The number of piperidine rings is 1. The number of carbonyl (C=O) groups excluding carboxylic acids is 3. The van der Waals surface area contributed by atoms with E-state index in [1.807, 2.05) is 17.0 Å². The summed E-state index contributed by atoms with van der Waals surface area (Å²) in [6.07, 6.45) is 0.236. The van der Waals surface area contributed by atoms with Gasteiger partial charge in [0.25, 0.3) is 11.9 Å². The van der Waals surface area contributed by atoms with Gasteiger partial charge in [0.05, 0.1) is 12.2 Å². The average molecular weight is 442 g/mol. The van der Waals surface area contributed by atoms with Crippen LogP contribution in [0.1, 0.15) is 50.7 Å². The van der Waals surface area contributed by atoms with Crippen LogP contribution in [0.15, 0.2) is 29.3 Å². The molecule has 1 saturated carbocycles. The molecule has 170 valence electrons. The number of benzene rings is 1. The lowest BCUT2D eigenvalue weighted by molar-refractivity contribution is -0.162. The molecule has 2 spiro atoms. The molecule has 3 heterocycles. The topological polar surface area (TPSA) is 104 Å². The Hall–Kier alpha value is -2.94. The fraction of sp³-hybridized carbons (Fsp3) is 0.565. The summed E-state index contributed by atoms with van der Waals surface area (Å²) in [6.45, 7) is 4.45. The SMILES string of the molecule is CC(=O)OC1CC2(CC1OC(C)=O)OC(N1CCC3(CC1)OCc1ccccc13)=NC2=O. The highest BCUT2D eigenvalue weighted by molar-refractivity contribution is 6.01. The minimum atomic E-state index is -1.28. The molecule has 0 N–H and O–H groups in total. The molecule has 3 aliphatic heterocycles. The first-order valence-electron chi connectivity index (χ1n) is 10.9. The zero-order chi connectivity index (χ0) is 22.5.